The molecule has 0 amide bonds. The number of hydrogen-bond donors (Lipinski definition) is 2. The molecule has 0 heterocycles. The van der Waals surface area contributed by atoms with Crippen molar-refractivity contribution in [2.24, 2.45) is 0 Å². The second-order valence-corrected chi connectivity index (χ2v) is 3.77. The smallest absolute Gasteiger partial charge is 0.343 e. The molecule has 0 aliphatic carbocycles. The number of benzene rings is 1. The molecular formula is C14H14O5. The maximum atomic E-state index is 10.7. The average Bonchev–Trinajstić information content (AvgIpc) is 2.38. The molecule has 0 aliphatic heterocycles. The lowest BCUT2D eigenvalue weighted by Gasteiger charge is -2.03. The summed E-state index contributed by atoms with van der Waals surface area (Å²) >= 11 is 0. The van der Waals surface area contributed by atoms with Crippen LogP contribution in [0.1, 0.15) is 12.5 Å². The minimum absolute atomic E-state index is 0.673. The first kappa shape index (κ1) is 14.5. The molecule has 0 aromatic heterocycles. The van der Waals surface area contributed by atoms with Gasteiger partial charge >= 0.3 is 11.9 Å². The molecule has 0 fully saturated rings. The van der Waals surface area contributed by atoms with E-state index in [0.29, 0.717) is 5.75 Å². The molecule has 0 spiro atoms. The fourth-order valence-electron chi connectivity index (χ4n) is 1.39. The highest BCUT2D eigenvalue weighted by molar-refractivity contribution is 6.12. The Kier molecular flexibility index (Phi) is 4.88. The second-order valence-electron chi connectivity index (χ2n) is 3.77. The van der Waals surface area contributed by atoms with Crippen molar-refractivity contribution in [3.05, 3.63) is 47.6 Å². The summed E-state index contributed by atoms with van der Waals surface area (Å²) in [7, 11) is 1.56. The summed E-state index contributed by atoms with van der Waals surface area (Å²) in [5.41, 5.74) is 0.933. The number of methoxy groups -OCH3 is 1. The van der Waals surface area contributed by atoms with E-state index in [1.807, 2.05) is 0 Å². The Balaban J connectivity index is 3.00. The maximum Gasteiger partial charge on any atom is 0.343 e. The first-order chi connectivity index (χ1) is 8.95. The van der Waals surface area contributed by atoms with Crippen molar-refractivity contribution in [3.8, 4) is 5.75 Å². The lowest BCUT2D eigenvalue weighted by Crippen LogP contribution is -2.10. The van der Waals surface area contributed by atoms with Gasteiger partial charge in [-0.1, -0.05) is 18.2 Å². The molecule has 2 N–H and O–H groups in total. The number of rotatable bonds is 5. The number of carbonyl (C=O) groups is 2. The fraction of sp³-hybridized carbons (Fsp3) is 0.143. The highest BCUT2D eigenvalue weighted by atomic mass is 16.5. The molecule has 5 nitrogen and oxygen atoms in total. The van der Waals surface area contributed by atoms with Crippen LogP contribution in [0, 0.1) is 0 Å². The van der Waals surface area contributed by atoms with E-state index < -0.39 is 17.5 Å². The van der Waals surface area contributed by atoms with Crippen LogP contribution in [0.3, 0.4) is 0 Å². The monoisotopic (exact) mass is 262 g/mol. The zero-order valence-electron chi connectivity index (χ0n) is 10.6. The molecule has 1 rings (SSSR count). The van der Waals surface area contributed by atoms with Gasteiger partial charge in [0.2, 0.25) is 0 Å². The van der Waals surface area contributed by atoms with E-state index in [0.717, 1.165) is 17.2 Å². The summed E-state index contributed by atoms with van der Waals surface area (Å²) in [6.07, 6.45) is 2.53. The summed E-state index contributed by atoms with van der Waals surface area (Å²) in [6, 6.07) is 7.15. The van der Waals surface area contributed by atoms with Crippen LogP contribution in [-0.2, 0) is 9.59 Å². The summed E-state index contributed by atoms with van der Waals surface area (Å²) in [6.45, 7) is 1.76. The molecule has 19 heavy (non-hydrogen) atoms. The Labute approximate surface area is 110 Å². The van der Waals surface area contributed by atoms with Gasteiger partial charge in [0.1, 0.15) is 11.3 Å². The van der Waals surface area contributed by atoms with Gasteiger partial charge in [0.15, 0.2) is 0 Å². The van der Waals surface area contributed by atoms with Crippen molar-refractivity contribution in [2.75, 3.05) is 7.11 Å². The summed E-state index contributed by atoms with van der Waals surface area (Å²) in [5, 5.41) is 17.4. The largest absolute Gasteiger partial charge is 0.497 e. The number of aliphatic carboxylic acids is 2. The third-order valence-electron chi connectivity index (χ3n) is 2.51. The Morgan fingerprint density at radius 1 is 1.05 bits per heavy atom. The van der Waals surface area contributed by atoms with Gasteiger partial charge in [-0.2, -0.15) is 0 Å². The Morgan fingerprint density at radius 3 is 2.00 bits per heavy atom. The van der Waals surface area contributed by atoms with E-state index in [9.17, 15) is 9.59 Å². The van der Waals surface area contributed by atoms with Crippen LogP contribution in [0.2, 0.25) is 0 Å². The van der Waals surface area contributed by atoms with Crippen molar-refractivity contribution in [1.82, 2.24) is 0 Å². The van der Waals surface area contributed by atoms with Crippen LogP contribution in [0.4, 0.5) is 0 Å². The molecule has 1 aromatic rings. The number of allylic oxidation sites excluding steroid dienone is 3. The zero-order valence-corrected chi connectivity index (χ0v) is 10.6. The standard InChI is InChI=1S/C14H14O5/c1-9(3-8-12(13(15)16)14(17)18)10-4-6-11(19-2)7-5-10/h3-8H,1-2H3,(H,15,16)(H,17,18)/b9-3+. The predicted molar refractivity (Wildman–Crippen MR) is 70.0 cm³/mol. The molecule has 0 saturated heterocycles. The third-order valence-corrected chi connectivity index (χ3v) is 2.51. The van der Waals surface area contributed by atoms with Crippen molar-refractivity contribution in [2.45, 2.75) is 6.92 Å². The summed E-state index contributed by atoms with van der Waals surface area (Å²) in [5.74, 6) is -2.22. The van der Waals surface area contributed by atoms with Gasteiger partial charge in [0, 0.05) is 0 Å². The first-order valence-corrected chi connectivity index (χ1v) is 5.45. The van der Waals surface area contributed by atoms with Gasteiger partial charge in [0.05, 0.1) is 7.11 Å². The van der Waals surface area contributed by atoms with E-state index in [-0.39, 0.29) is 0 Å². The SMILES string of the molecule is COc1ccc(/C(C)=C/C=C(C(=O)O)C(=O)O)cc1. The number of hydrogen-bond acceptors (Lipinski definition) is 3. The minimum Gasteiger partial charge on any atom is -0.497 e. The summed E-state index contributed by atoms with van der Waals surface area (Å²) < 4.78 is 5.02. The summed E-state index contributed by atoms with van der Waals surface area (Å²) in [4.78, 5) is 21.4. The van der Waals surface area contributed by atoms with Gasteiger partial charge < -0.3 is 14.9 Å². The Hall–Kier alpha value is -2.56. The molecule has 0 aliphatic rings. The molecule has 0 saturated carbocycles. The molecule has 5 heteroatoms. The van der Waals surface area contributed by atoms with Crippen molar-refractivity contribution < 1.29 is 24.5 Å². The Morgan fingerprint density at radius 2 is 1.58 bits per heavy atom. The number of carboxylic acids is 2. The van der Waals surface area contributed by atoms with Gasteiger partial charge in [-0.05, 0) is 36.3 Å². The van der Waals surface area contributed by atoms with Crippen LogP contribution in [0.15, 0.2) is 42.0 Å². The minimum atomic E-state index is -1.47. The normalized spacial score (nSPS) is 10.7. The third kappa shape index (κ3) is 3.99. The van der Waals surface area contributed by atoms with Crippen molar-refractivity contribution in [3.63, 3.8) is 0 Å². The molecule has 0 unspecified atom stereocenters. The van der Waals surface area contributed by atoms with Crippen molar-refractivity contribution >= 4 is 17.5 Å². The molecule has 0 bridgehead atoms. The molecule has 0 atom stereocenters. The number of ether oxygens (including phenoxy) is 1. The fourth-order valence-corrected chi connectivity index (χ4v) is 1.39. The quantitative estimate of drug-likeness (QED) is 0.368. The van der Waals surface area contributed by atoms with Gasteiger partial charge in [0.25, 0.3) is 0 Å². The molecule has 0 radical (unpaired) electrons. The Bertz CT molecular complexity index is 521. The van der Waals surface area contributed by atoms with Gasteiger partial charge in [-0.3, -0.25) is 0 Å². The van der Waals surface area contributed by atoms with Crippen LogP contribution in [0.5, 0.6) is 5.75 Å². The average molecular weight is 262 g/mol. The lowest BCUT2D eigenvalue weighted by molar-refractivity contribution is -0.140. The van der Waals surface area contributed by atoms with Crippen molar-refractivity contribution in [1.29, 1.82) is 0 Å². The van der Waals surface area contributed by atoms with Gasteiger partial charge in [-0.25, -0.2) is 9.59 Å². The topological polar surface area (TPSA) is 83.8 Å². The van der Waals surface area contributed by atoms with E-state index in [4.69, 9.17) is 14.9 Å². The maximum absolute atomic E-state index is 10.7. The molecular weight excluding hydrogens is 248 g/mol. The van der Waals surface area contributed by atoms with Crippen LogP contribution in [-0.4, -0.2) is 29.3 Å². The van der Waals surface area contributed by atoms with Crippen LogP contribution >= 0.6 is 0 Å². The van der Waals surface area contributed by atoms with Crippen LogP contribution in [0.25, 0.3) is 5.57 Å². The van der Waals surface area contributed by atoms with Crippen LogP contribution < -0.4 is 4.74 Å². The van der Waals surface area contributed by atoms with E-state index in [2.05, 4.69) is 0 Å². The zero-order chi connectivity index (χ0) is 14.4. The predicted octanol–water partition coefficient (Wildman–Crippen LogP) is 2.19. The van der Waals surface area contributed by atoms with Gasteiger partial charge in [-0.15, -0.1) is 0 Å². The van der Waals surface area contributed by atoms with E-state index >= 15 is 0 Å². The highest BCUT2D eigenvalue weighted by Crippen LogP contribution is 2.18. The lowest BCUT2D eigenvalue weighted by atomic mass is 10.1. The first-order valence-electron chi connectivity index (χ1n) is 5.45. The number of carboxylic acid groups (broad SMARTS) is 2. The second kappa shape index (κ2) is 6.39. The molecule has 1 aromatic carbocycles. The molecule has 100 valence electrons. The van der Waals surface area contributed by atoms with E-state index in [1.54, 1.807) is 38.3 Å². The van der Waals surface area contributed by atoms with E-state index in [1.165, 1.54) is 6.08 Å². The highest BCUT2D eigenvalue weighted by Gasteiger charge is 2.14.